The Bertz CT molecular complexity index is 672. The van der Waals surface area contributed by atoms with Crippen LogP contribution in [0.3, 0.4) is 0 Å². The topological polar surface area (TPSA) is 87.7 Å². The minimum atomic E-state index is -0.154. The SMILES string of the molecule is Cc1ccccc1-c1nnn(CC(=O)N(C)CCC#N)n1. The molecule has 1 amide bonds. The molecule has 7 heteroatoms. The summed E-state index contributed by atoms with van der Waals surface area (Å²) in [6.07, 6.45) is 0.307. The Kier molecular flexibility index (Phi) is 4.61. The zero-order chi connectivity index (χ0) is 15.2. The summed E-state index contributed by atoms with van der Waals surface area (Å²) in [5.74, 6) is 0.347. The molecule has 1 heterocycles. The van der Waals surface area contributed by atoms with Crippen molar-refractivity contribution in [2.45, 2.75) is 19.9 Å². The number of benzene rings is 1. The molecule has 0 N–H and O–H groups in total. The smallest absolute Gasteiger partial charge is 0.246 e. The van der Waals surface area contributed by atoms with Crippen LogP contribution in [0.15, 0.2) is 24.3 Å². The van der Waals surface area contributed by atoms with E-state index in [4.69, 9.17) is 5.26 Å². The van der Waals surface area contributed by atoms with Crippen LogP contribution in [-0.2, 0) is 11.3 Å². The third kappa shape index (κ3) is 3.63. The number of carbonyl (C=O) groups is 1. The Morgan fingerprint density at radius 2 is 2.19 bits per heavy atom. The maximum absolute atomic E-state index is 11.9. The van der Waals surface area contributed by atoms with E-state index in [0.29, 0.717) is 18.8 Å². The normalized spacial score (nSPS) is 10.1. The number of nitrogens with zero attached hydrogens (tertiary/aromatic N) is 6. The van der Waals surface area contributed by atoms with Crippen LogP contribution in [0.2, 0.25) is 0 Å². The zero-order valence-electron chi connectivity index (χ0n) is 12.0. The van der Waals surface area contributed by atoms with Crippen LogP contribution in [0.4, 0.5) is 0 Å². The van der Waals surface area contributed by atoms with E-state index in [9.17, 15) is 4.79 Å². The fourth-order valence-corrected chi connectivity index (χ4v) is 1.83. The second-order valence-corrected chi connectivity index (χ2v) is 4.68. The maximum Gasteiger partial charge on any atom is 0.246 e. The van der Waals surface area contributed by atoms with Gasteiger partial charge in [0.05, 0.1) is 12.5 Å². The summed E-state index contributed by atoms with van der Waals surface area (Å²) in [5, 5.41) is 20.6. The molecule has 108 valence electrons. The summed E-state index contributed by atoms with van der Waals surface area (Å²) < 4.78 is 0. The average molecular weight is 284 g/mol. The number of hydrogen-bond acceptors (Lipinski definition) is 5. The quantitative estimate of drug-likeness (QED) is 0.818. The van der Waals surface area contributed by atoms with E-state index in [0.717, 1.165) is 11.1 Å². The lowest BCUT2D eigenvalue weighted by Gasteiger charge is -2.14. The van der Waals surface area contributed by atoms with Crippen LogP contribution >= 0.6 is 0 Å². The molecule has 1 aromatic heterocycles. The molecular formula is C14H16N6O. The second-order valence-electron chi connectivity index (χ2n) is 4.68. The molecule has 0 aliphatic heterocycles. The van der Waals surface area contributed by atoms with Gasteiger partial charge in [0.25, 0.3) is 0 Å². The number of carbonyl (C=O) groups excluding carboxylic acids is 1. The van der Waals surface area contributed by atoms with E-state index in [-0.39, 0.29) is 12.5 Å². The van der Waals surface area contributed by atoms with Crippen molar-refractivity contribution in [3.8, 4) is 17.5 Å². The summed E-state index contributed by atoms with van der Waals surface area (Å²) in [5.41, 5.74) is 1.95. The third-order valence-corrected chi connectivity index (χ3v) is 3.10. The lowest BCUT2D eigenvalue weighted by atomic mass is 10.1. The Hall–Kier alpha value is -2.75. The average Bonchev–Trinajstić information content (AvgIpc) is 2.93. The maximum atomic E-state index is 11.9. The van der Waals surface area contributed by atoms with E-state index in [1.54, 1.807) is 7.05 Å². The van der Waals surface area contributed by atoms with E-state index in [1.165, 1.54) is 9.70 Å². The van der Waals surface area contributed by atoms with Crippen LogP contribution in [0.1, 0.15) is 12.0 Å². The highest BCUT2D eigenvalue weighted by Crippen LogP contribution is 2.17. The lowest BCUT2D eigenvalue weighted by molar-refractivity contribution is -0.130. The minimum absolute atomic E-state index is 0.0147. The van der Waals surface area contributed by atoms with Gasteiger partial charge in [-0.15, -0.1) is 10.2 Å². The van der Waals surface area contributed by atoms with Crippen molar-refractivity contribution in [3.05, 3.63) is 29.8 Å². The highest BCUT2D eigenvalue weighted by atomic mass is 16.2. The zero-order valence-corrected chi connectivity index (χ0v) is 12.0. The van der Waals surface area contributed by atoms with Crippen molar-refractivity contribution < 1.29 is 4.79 Å². The second kappa shape index (κ2) is 6.61. The number of rotatable bonds is 5. The monoisotopic (exact) mass is 284 g/mol. The van der Waals surface area contributed by atoms with Crippen LogP contribution < -0.4 is 0 Å². The van der Waals surface area contributed by atoms with Gasteiger partial charge in [0.1, 0.15) is 6.54 Å². The number of aryl methyl sites for hydroxylation is 1. The fourth-order valence-electron chi connectivity index (χ4n) is 1.83. The Labute approximate surface area is 122 Å². The van der Waals surface area contributed by atoms with Gasteiger partial charge in [-0.25, -0.2) is 0 Å². The molecule has 0 radical (unpaired) electrons. The minimum Gasteiger partial charge on any atom is -0.343 e. The summed E-state index contributed by atoms with van der Waals surface area (Å²) in [7, 11) is 1.65. The van der Waals surface area contributed by atoms with E-state index >= 15 is 0 Å². The number of tetrazole rings is 1. The van der Waals surface area contributed by atoms with E-state index < -0.39 is 0 Å². The lowest BCUT2D eigenvalue weighted by Crippen LogP contribution is -2.31. The summed E-state index contributed by atoms with van der Waals surface area (Å²) in [6.45, 7) is 2.38. The number of likely N-dealkylation sites (N-methyl/N-ethyl adjacent to an activating group) is 1. The first kappa shape index (κ1) is 14.7. The van der Waals surface area contributed by atoms with Crippen molar-refractivity contribution >= 4 is 5.91 Å². The molecule has 21 heavy (non-hydrogen) atoms. The van der Waals surface area contributed by atoms with E-state index in [1.807, 2.05) is 37.3 Å². The number of hydrogen-bond donors (Lipinski definition) is 0. The Balaban J connectivity index is 2.06. The summed E-state index contributed by atoms with van der Waals surface area (Å²) in [6, 6.07) is 9.74. The van der Waals surface area contributed by atoms with Crippen molar-refractivity contribution in [3.63, 3.8) is 0 Å². The van der Waals surface area contributed by atoms with E-state index in [2.05, 4.69) is 15.4 Å². The molecule has 7 nitrogen and oxygen atoms in total. The molecule has 2 aromatic rings. The molecule has 0 unspecified atom stereocenters. The number of aromatic nitrogens is 4. The molecule has 0 saturated carbocycles. The number of nitriles is 1. The molecule has 1 aromatic carbocycles. The third-order valence-electron chi connectivity index (χ3n) is 3.10. The largest absolute Gasteiger partial charge is 0.343 e. The first-order valence-corrected chi connectivity index (χ1v) is 6.56. The standard InChI is InChI=1S/C14H16N6O/c1-11-6-3-4-7-12(11)14-16-18-20(17-14)10-13(21)19(2)9-5-8-15/h3-4,6-7H,5,9-10H2,1-2H3. The van der Waals surface area contributed by atoms with Crippen molar-refractivity contribution in [1.29, 1.82) is 5.26 Å². The molecule has 0 aliphatic rings. The van der Waals surface area contributed by atoms with Gasteiger partial charge >= 0.3 is 0 Å². The van der Waals surface area contributed by atoms with Crippen LogP contribution in [0.5, 0.6) is 0 Å². The predicted octanol–water partition coefficient (Wildman–Crippen LogP) is 1.02. The molecule has 0 aliphatic carbocycles. The molecule has 0 spiro atoms. The first-order chi connectivity index (χ1) is 10.1. The van der Waals surface area contributed by atoms with Crippen LogP contribution in [-0.4, -0.2) is 44.6 Å². The van der Waals surface area contributed by atoms with Crippen LogP contribution in [0, 0.1) is 18.3 Å². The van der Waals surface area contributed by atoms with Gasteiger partial charge in [-0.05, 0) is 17.7 Å². The summed E-state index contributed by atoms with van der Waals surface area (Å²) >= 11 is 0. The first-order valence-electron chi connectivity index (χ1n) is 6.56. The van der Waals surface area contributed by atoms with Crippen LogP contribution in [0.25, 0.3) is 11.4 Å². The summed E-state index contributed by atoms with van der Waals surface area (Å²) in [4.78, 5) is 14.7. The number of amides is 1. The molecule has 0 bridgehead atoms. The Morgan fingerprint density at radius 3 is 2.90 bits per heavy atom. The van der Waals surface area contributed by atoms with Gasteiger partial charge in [0, 0.05) is 19.2 Å². The van der Waals surface area contributed by atoms with Gasteiger partial charge in [0.2, 0.25) is 11.7 Å². The van der Waals surface area contributed by atoms with Crippen molar-refractivity contribution in [1.82, 2.24) is 25.1 Å². The van der Waals surface area contributed by atoms with Gasteiger partial charge in [-0.2, -0.15) is 10.1 Å². The van der Waals surface area contributed by atoms with Gasteiger partial charge in [0.15, 0.2) is 0 Å². The molecule has 0 fully saturated rings. The van der Waals surface area contributed by atoms with Crippen molar-refractivity contribution in [2.75, 3.05) is 13.6 Å². The molecule has 0 saturated heterocycles. The van der Waals surface area contributed by atoms with Gasteiger partial charge in [-0.3, -0.25) is 4.79 Å². The molecular weight excluding hydrogens is 268 g/mol. The van der Waals surface area contributed by atoms with Gasteiger partial charge < -0.3 is 4.90 Å². The predicted molar refractivity (Wildman–Crippen MR) is 75.9 cm³/mol. The van der Waals surface area contributed by atoms with Gasteiger partial charge in [-0.1, -0.05) is 24.3 Å². The highest BCUT2D eigenvalue weighted by Gasteiger charge is 2.13. The molecule has 0 atom stereocenters. The highest BCUT2D eigenvalue weighted by molar-refractivity contribution is 5.75. The Morgan fingerprint density at radius 1 is 1.43 bits per heavy atom. The fraction of sp³-hybridized carbons (Fsp3) is 0.357. The molecule has 2 rings (SSSR count). The van der Waals surface area contributed by atoms with Crippen molar-refractivity contribution in [2.24, 2.45) is 0 Å².